The van der Waals surface area contributed by atoms with Crippen molar-refractivity contribution in [1.82, 2.24) is 9.80 Å². The zero-order valence-corrected chi connectivity index (χ0v) is 14.4. The van der Waals surface area contributed by atoms with Crippen LogP contribution in [0, 0.1) is 5.92 Å². The highest BCUT2D eigenvalue weighted by Gasteiger charge is 2.53. The summed E-state index contributed by atoms with van der Waals surface area (Å²) >= 11 is 0. The summed E-state index contributed by atoms with van der Waals surface area (Å²) in [5.74, 6) is 0.164. The molecule has 120 valence electrons. The minimum atomic E-state index is -0.447. The first-order valence-corrected chi connectivity index (χ1v) is 7.85. The summed E-state index contributed by atoms with van der Waals surface area (Å²) in [6.45, 7) is 14.5. The van der Waals surface area contributed by atoms with E-state index in [2.05, 4.69) is 44.7 Å². The van der Waals surface area contributed by atoms with Gasteiger partial charge in [-0.25, -0.2) is 0 Å². The third kappa shape index (κ3) is 4.42. The van der Waals surface area contributed by atoms with Crippen LogP contribution in [0.3, 0.4) is 0 Å². The number of nitrogens with zero attached hydrogens (tertiary/aromatic N) is 2. The fourth-order valence-corrected chi connectivity index (χ4v) is 3.27. The first-order chi connectivity index (χ1) is 9.10. The van der Waals surface area contributed by atoms with Crippen LogP contribution < -0.4 is 0 Å². The normalized spacial score (nSPS) is 28.5. The van der Waals surface area contributed by atoms with Crippen molar-refractivity contribution in [2.24, 2.45) is 5.92 Å². The summed E-state index contributed by atoms with van der Waals surface area (Å²) in [6, 6.07) is 0. The van der Waals surface area contributed by atoms with Gasteiger partial charge in [0.25, 0.3) is 0 Å². The van der Waals surface area contributed by atoms with Crippen molar-refractivity contribution in [2.45, 2.75) is 58.3 Å². The molecule has 0 spiro atoms. The molecule has 20 heavy (non-hydrogen) atoms. The molecule has 1 N–H and O–H groups in total. The lowest BCUT2D eigenvalue weighted by Gasteiger charge is -2.32. The van der Waals surface area contributed by atoms with Gasteiger partial charge in [0, 0.05) is 12.5 Å². The van der Waals surface area contributed by atoms with Crippen LogP contribution in [0.5, 0.6) is 0 Å². The number of aliphatic hydroxyl groups excluding tert-OH is 1. The van der Waals surface area contributed by atoms with Gasteiger partial charge in [-0.15, -0.1) is 0 Å². The average Bonchev–Trinajstić information content (AvgIpc) is 2.44. The molecule has 1 fully saturated rings. The fourth-order valence-electron chi connectivity index (χ4n) is 3.27. The van der Waals surface area contributed by atoms with Crippen molar-refractivity contribution in [3.63, 3.8) is 0 Å². The molecular weight excluding hydrogens is 252 g/mol. The molecule has 1 heterocycles. The summed E-state index contributed by atoms with van der Waals surface area (Å²) in [4.78, 5) is 4.65. The number of rotatable bonds is 7. The SMILES string of the molecule is CCN(CCCN(C)C)CC1C(O)C(C)(C)OC1(C)C. The second-order valence-corrected chi connectivity index (χ2v) is 7.41. The Hall–Kier alpha value is -0.160. The quantitative estimate of drug-likeness (QED) is 0.774. The second-order valence-electron chi connectivity index (χ2n) is 7.41. The summed E-state index contributed by atoms with van der Waals surface area (Å²) in [7, 11) is 4.22. The third-order valence-electron chi connectivity index (χ3n) is 4.49. The molecule has 4 heteroatoms. The predicted molar refractivity (Wildman–Crippen MR) is 84.0 cm³/mol. The number of aliphatic hydroxyl groups is 1. The Morgan fingerprint density at radius 2 is 1.65 bits per heavy atom. The van der Waals surface area contributed by atoms with Crippen molar-refractivity contribution in [2.75, 3.05) is 40.3 Å². The van der Waals surface area contributed by atoms with Gasteiger partial charge in [0.15, 0.2) is 0 Å². The molecule has 2 atom stereocenters. The molecule has 1 rings (SSSR count). The lowest BCUT2D eigenvalue weighted by molar-refractivity contribution is -0.0913. The molecular formula is C16H34N2O2. The largest absolute Gasteiger partial charge is 0.390 e. The molecule has 0 radical (unpaired) electrons. The van der Waals surface area contributed by atoms with E-state index in [0.29, 0.717) is 0 Å². The Morgan fingerprint density at radius 1 is 1.05 bits per heavy atom. The lowest BCUT2D eigenvalue weighted by Crippen LogP contribution is -2.44. The maximum Gasteiger partial charge on any atom is 0.0896 e. The van der Waals surface area contributed by atoms with E-state index in [9.17, 15) is 5.11 Å². The average molecular weight is 286 g/mol. The van der Waals surface area contributed by atoms with Crippen molar-refractivity contribution < 1.29 is 9.84 Å². The maximum atomic E-state index is 10.6. The molecule has 0 bridgehead atoms. The molecule has 4 nitrogen and oxygen atoms in total. The Bertz CT molecular complexity index is 303. The van der Waals surface area contributed by atoms with Gasteiger partial charge < -0.3 is 19.6 Å². The van der Waals surface area contributed by atoms with Crippen LogP contribution in [0.1, 0.15) is 41.0 Å². The van der Waals surface area contributed by atoms with Crippen molar-refractivity contribution in [3.8, 4) is 0 Å². The van der Waals surface area contributed by atoms with E-state index in [1.54, 1.807) is 0 Å². The number of hydrogen-bond acceptors (Lipinski definition) is 4. The molecule has 1 aliphatic rings. The molecule has 0 saturated carbocycles. The maximum absolute atomic E-state index is 10.6. The molecule has 2 unspecified atom stereocenters. The van der Waals surface area contributed by atoms with Gasteiger partial charge in [-0.1, -0.05) is 6.92 Å². The standard InChI is InChI=1S/C16H34N2O2/c1-8-18(11-9-10-17(6)7)12-13-14(19)16(4,5)20-15(13,2)3/h13-14,19H,8-12H2,1-7H3. The highest BCUT2D eigenvalue weighted by Crippen LogP contribution is 2.42. The van der Waals surface area contributed by atoms with Gasteiger partial charge in [-0.3, -0.25) is 0 Å². The zero-order valence-electron chi connectivity index (χ0n) is 14.4. The highest BCUT2D eigenvalue weighted by molar-refractivity contribution is 5.02. The Labute approximate surface area is 125 Å². The molecule has 0 aliphatic carbocycles. The van der Waals surface area contributed by atoms with Crippen LogP contribution in [0.2, 0.25) is 0 Å². The minimum Gasteiger partial charge on any atom is -0.390 e. The Kier molecular flexibility index (Phi) is 6.02. The molecule has 0 aromatic carbocycles. The summed E-state index contributed by atoms with van der Waals surface area (Å²) in [5, 5.41) is 10.6. The predicted octanol–water partition coefficient (Wildman–Crippen LogP) is 1.82. The fraction of sp³-hybridized carbons (Fsp3) is 1.00. The zero-order chi connectivity index (χ0) is 15.6. The van der Waals surface area contributed by atoms with Crippen LogP contribution >= 0.6 is 0 Å². The molecule has 1 aliphatic heterocycles. The monoisotopic (exact) mass is 286 g/mol. The first-order valence-electron chi connectivity index (χ1n) is 7.85. The lowest BCUT2D eigenvalue weighted by atomic mass is 9.84. The van der Waals surface area contributed by atoms with E-state index in [1.807, 2.05) is 13.8 Å². The highest BCUT2D eigenvalue weighted by atomic mass is 16.5. The first kappa shape index (κ1) is 17.9. The Morgan fingerprint density at radius 3 is 2.05 bits per heavy atom. The van der Waals surface area contributed by atoms with Gasteiger partial charge >= 0.3 is 0 Å². The van der Waals surface area contributed by atoms with Crippen LogP contribution in [0.25, 0.3) is 0 Å². The van der Waals surface area contributed by atoms with Crippen LogP contribution in [-0.4, -0.2) is 72.5 Å². The van der Waals surface area contributed by atoms with Gasteiger partial charge in [0.2, 0.25) is 0 Å². The molecule has 0 aromatic heterocycles. The van der Waals surface area contributed by atoms with Crippen molar-refractivity contribution in [3.05, 3.63) is 0 Å². The van der Waals surface area contributed by atoms with E-state index in [0.717, 1.165) is 32.6 Å². The molecule has 0 aromatic rings. The van der Waals surface area contributed by atoms with Crippen molar-refractivity contribution >= 4 is 0 Å². The van der Waals surface area contributed by atoms with E-state index in [1.165, 1.54) is 0 Å². The van der Waals surface area contributed by atoms with E-state index in [-0.39, 0.29) is 11.5 Å². The molecule has 1 saturated heterocycles. The van der Waals surface area contributed by atoms with Gasteiger partial charge in [0.1, 0.15) is 0 Å². The van der Waals surface area contributed by atoms with Gasteiger partial charge in [-0.05, 0) is 67.8 Å². The smallest absolute Gasteiger partial charge is 0.0896 e. The minimum absolute atomic E-state index is 0.164. The van der Waals surface area contributed by atoms with E-state index < -0.39 is 11.7 Å². The van der Waals surface area contributed by atoms with Crippen molar-refractivity contribution in [1.29, 1.82) is 0 Å². The summed E-state index contributed by atoms with van der Waals surface area (Å²) in [6.07, 6.45) is 0.759. The molecule has 0 amide bonds. The summed E-state index contributed by atoms with van der Waals surface area (Å²) in [5.41, 5.74) is -0.713. The van der Waals surface area contributed by atoms with Gasteiger partial charge in [0.05, 0.1) is 17.3 Å². The topological polar surface area (TPSA) is 35.9 Å². The Balaban J connectivity index is 2.60. The van der Waals surface area contributed by atoms with Crippen LogP contribution in [0.15, 0.2) is 0 Å². The van der Waals surface area contributed by atoms with Gasteiger partial charge in [-0.2, -0.15) is 0 Å². The van der Waals surface area contributed by atoms with Crippen LogP contribution in [0.4, 0.5) is 0 Å². The summed E-state index contributed by atoms with van der Waals surface area (Å²) < 4.78 is 6.06. The van der Waals surface area contributed by atoms with E-state index in [4.69, 9.17) is 4.74 Å². The number of ether oxygens (including phenoxy) is 1. The number of hydrogen-bond donors (Lipinski definition) is 1. The van der Waals surface area contributed by atoms with E-state index >= 15 is 0 Å². The third-order valence-corrected chi connectivity index (χ3v) is 4.49. The van der Waals surface area contributed by atoms with Crippen LogP contribution in [-0.2, 0) is 4.74 Å². The second kappa shape index (κ2) is 6.73.